The standard InChI is InChI=1S/C5H12BrN.BrH/c1-3-5(6)7-4-2;/h5,7H,3-4H2,1-2H3;1H. The van der Waals surface area contributed by atoms with Crippen LogP contribution in [0.25, 0.3) is 0 Å². The molecule has 0 aliphatic heterocycles. The molecule has 1 unspecified atom stereocenters. The van der Waals surface area contributed by atoms with Gasteiger partial charge in [-0.3, -0.25) is 0 Å². The predicted molar refractivity (Wildman–Crippen MR) is 47.0 cm³/mol. The highest BCUT2D eigenvalue weighted by Gasteiger charge is 1.92. The van der Waals surface area contributed by atoms with E-state index in [1.807, 2.05) is 0 Å². The molecule has 8 heavy (non-hydrogen) atoms. The van der Waals surface area contributed by atoms with Crippen molar-refractivity contribution >= 4 is 32.9 Å². The molecular formula is C5H13Br2N. The number of halogens is 2. The lowest BCUT2D eigenvalue weighted by Gasteiger charge is -2.04. The Hall–Kier alpha value is 0.920. The quantitative estimate of drug-likeness (QED) is 0.596. The largest absolute Gasteiger partial charge is 0.305 e. The van der Waals surface area contributed by atoms with Gasteiger partial charge in [0.25, 0.3) is 0 Å². The monoisotopic (exact) mass is 245 g/mol. The van der Waals surface area contributed by atoms with Crippen LogP contribution in [-0.2, 0) is 0 Å². The zero-order valence-corrected chi connectivity index (χ0v) is 8.58. The van der Waals surface area contributed by atoms with Gasteiger partial charge in [-0.15, -0.1) is 17.0 Å². The van der Waals surface area contributed by atoms with Crippen molar-refractivity contribution in [3.63, 3.8) is 0 Å². The van der Waals surface area contributed by atoms with Crippen LogP contribution in [-0.4, -0.2) is 11.5 Å². The lowest BCUT2D eigenvalue weighted by molar-refractivity contribution is 0.668. The van der Waals surface area contributed by atoms with Crippen LogP contribution in [0.3, 0.4) is 0 Å². The maximum atomic E-state index is 3.43. The van der Waals surface area contributed by atoms with Gasteiger partial charge in [-0.05, 0) is 13.0 Å². The van der Waals surface area contributed by atoms with Crippen molar-refractivity contribution in [1.29, 1.82) is 0 Å². The lowest BCUT2D eigenvalue weighted by atomic mass is 10.5. The van der Waals surface area contributed by atoms with Crippen LogP contribution in [0.4, 0.5) is 0 Å². The first-order valence-corrected chi connectivity index (χ1v) is 3.60. The van der Waals surface area contributed by atoms with Gasteiger partial charge in [-0.2, -0.15) is 0 Å². The topological polar surface area (TPSA) is 12.0 Å². The Morgan fingerprint density at radius 1 is 1.50 bits per heavy atom. The minimum atomic E-state index is 0. The van der Waals surface area contributed by atoms with Crippen molar-refractivity contribution in [2.45, 2.75) is 25.2 Å². The normalized spacial score (nSPS) is 12.4. The van der Waals surface area contributed by atoms with E-state index >= 15 is 0 Å². The third-order valence-corrected chi connectivity index (χ3v) is 1.76. The second kappa shape index (κ2) is 7.92. The summed E-state index contributed by atoms with van der Waals surface area (Å²) in [6.07, 6.45) is 1.15. The Morgan fingerprint density at radius 2 is 2.00 bits per heavy atom. The van der Waals surface area contributed by atoms with Gasteiger partial charge >= 0.3 is 0 Å². The van der Waals surface area contributed by atoms with Crippen molar-refractivity contribution < 1.29 is 0 Å². The van der Waals surface area contributed by atoms with E-state index in [-0.39, 0.29) is 17.0 Å². The maximum Gasteiger partial charge on any atom is 0.0627 e. The lowest BCUT2D eigenvalue weighted by Crippen LogP contribution is -2.21. The molecule has 1 N–H and O–H groups in total. The summed E-state index contributed by atoms with van der Waals surface area (Å²) in [4.78, 5) is 0.512. The Bertz CT molecular complexity index is 41.4. The zero-order chi connectivity index (χ0) is 5.70. The summed E-state index contributed by atoms with van der Waals surface area (Å²) in [5, 5.41) is 3.21. The molecule has 0 fully saturated rings. The van der Waals surface area contributed by atoms with E-state index in [4.69, 9.17) is 0 Å². The molecule has 0 radical (unpaired) electrons. The molecule has 0 spiro atoms. The van der Waals surface area contributed by atoms with Crippen LogP contribution in [0.1, 0.15) is 20.3 Å². The SMILES string of the molecule is Br.CCNC(Br)CC. The molecular weight excluding hydrogens is 234 g/mol. The van der Waals surface area contributed by atoms with Crippen LogP contribution < -0.4 is 5.32 Å². The second-order valence-electron chi connectivity index (χ2n) is 1.43. The third kappa shape index (κ3) is 6.92. The fourth-order valence-electron chi connectivity index (χ4n) is 0.366. The van der Waals surface area contributed by atoms with E-state index in [2.05, 4.69) is 35.1 Å². The van der Waals surface area contributed by atoms with Crippen molar-refractivity contribution in [1.82, 2.24) is 5.32 Å². The van der Waals surface area contributed by atoms with Crippen LogP contribution in [0, 0.1) is 0 Å². The maximum absolute atomic E-state index is 3.43. The van der Waals surface area contributed by atoms with Crippen molar-refractivity contribution in [3.05, 3.63) is 0 Å². The fourth-order valence-corrected chi connectivity index (χ4v) is 0.690. The summed E-state index contributed by atoms with van der Waals surface area (Å²) in [5.74, 6) is 0. The van der Waals surface area contributed by atoms with Crippen molar-refractivity contribution in [2.75, 3.05) is 6.54 Å². The van der Waals surface area contributed by atoms with Crippen molar-refractivity contribution in [3.8, 4) is 0 Å². The van der Waals surface area contributed by atoms with Crippen LogP contribution in [0.15, 0.2) is 0 Å². The number of nitrogens with one attached hydrogen (secondary N) is 1. The molecule has 1 nitrogen and oxygen atoms in total. The second-order valence-corrected chi connectivity index (χ2v) is 2.54. The molecule has 0 saturated heterocycles. The fraction of sp³-hybridized carbons (Fsp3) is 1.00. The van der Waals surface area contributed by atoms with E-state index in [0.29, 0.717) is 4.95 Å². The molecule has 1 atom stereocenters. The highest BCUT2D eigenvalue weighted by molar-refractivity contribution is 9.09. The number of hydrogen-bond donors (Lipinski definition) is 1. The Labute approximate surface area is 70.1 Å². The molecule has 0 rings (SSSR count). The average Bonchev–Trinajstić information content (AvgIpc) is 1.68. The van der Waals surface area contributed by atoms with Crippen molar-refractivity contribution in [2.24, 2.45) is 0 Å². The van der Waals surface area contributed by atoms with E-state index in [9.17, 15) is 0 Å². The molecule has 0 saturated carbocycles. The highest BCUT2D eigenvalue weighted by Crippen LogP contribution is 1.97. The Balaban J connectivity index is 0. The zero-order valence-electron chi connectivity index (χ0n) is 5.28. The van der Waals surface area contributed by atoms with Gasteiger partial charge in [0.1, 0.15) is 0 Å². The number of rotatable bonds is 3. The summed E-state index contributed by atoms with van der Waals surface area (Å²) in [7, 11) is 0. The smallest absolute Gasteiger partial charge is 0.0627 e. The highest BCUT2D eigenvalue weighted by atomic mass is 79.9. The number of hydrogen-bond acceptors (Lipinski definition) is 1. The first-order chi connectivity index (χ1) is 3.31. The van der Waals surface area contributed by atoms with Gasteiger partial charge in [-0.1, -0.05) is 29.8 Å². The summed E-state index contributed by atoms with van der Waals surface area (Å²) in [6.45, 7) is 5.29. The van der Waals surface area contributed by atoms with Gasteiger partial charge in [0.15, 0.2) is 0 Å². The van der Waals surface area contributed by atoms with E-state index in [1.165, 1.54) is 0 Å². The van der Waals surface area contributed by atoms with Gasteiger partial charge in [-0.25, -0.2) is 0 Å². The molecule has 0 amide bonds. The van der Waals surface area contributed by atoms with Crippen LogP contribution in [0.2, 0.25) is 0 Å². The molecule has 0 aromatic carbocycles. The minimum Gasteiger partial charge on any atom is -0.305 e. The summed E-state index contributed by atoms with van der Waals surface area (Å²) < 4.78 is 0. The molecule has 52 valence electrons. The summed E-state index contributed by atoms with van der Waals surface area (Å²) in [5.41, 5.74) is 0. The summed E-state index contributed by atoms with van der Waals surface area (Å²) in [6, 6.07) is 0. The molecule has 0 bridgehead atoms. The summed E-state index contributed by atoms with van der Waals surface area (Å²) >= 11 is 3.43. The number of alkyl halides is 1. The molecule has 0 aromatic heterocycles. The van der Waals surface area contributed by atoms with Gasteiger partial charge < -0.3 is 5.32 Å². The minimum absolute atomic E-state index is 0. The van der Waals surface area contributed by atoms with Gasteiger partial charge in [0.2, 0.25) is 0 Å². The molecule has 0 aliphatic carbocycles. The first-order valence-electron chi connectivity index (χ1n) is 2.68. The predicted octanol–water partition coefficient (Wildman–Crippen LogP) is 2.30. The van der Waals surface area contributed by atoms with Crippen LogP contribution >= 0.6 is 32.9 Å². The average molecular weight is 247 g/mol. The van der Waals surface area contributed by atoms with E-state index in [1.54, 1.807) is 0 Å². The Morgan fingerprint density at radius 3 is 2.12 bits per heavy atom. The Kier molecular flexibility index (Phi) is 11.6. The van der Waals surface area contributed by atoms with Crippen LogP contribution in [0.5, 0.6) is 0 Å². The van der Waals surface area contributed by atoms with Gasteiger partial charge in [0, 0.05) is 0 Å². The molecule has 3 heteroatoms. The van der Waals surface area contributed by atoms with E-state index < -0.39 is 0 Å². The van der Waals surface area contributed by atoms with E-state index in [0.717, 1.165) is 13.0 Å². The first kappa shape index (κ1) is 11.7. The molecule has 0 heterocycles. The molecule has 0 aliphatic rings. The van der Waals surface area contributed by atoms with Gasteiger partial charge in [0.05, 0.1) is 4.95 Å². The third-order valence-electron chi connectivity index (χ3n) is 0.784. The molecule has 0 aromatic rings.